The number of benzene rings is 5. The molecule has 0 saturated heterocycles. The number of hydrogen-bond donors (Lipinski definition) is 0. The maximum absolute atomic E-state index is 7.31. The molecule has 5 rings (SSSR count). The van der Waals surface area contributed by atoms with Gasteiger partial charge in [0.1, 0.15) is 0 Å². The molecular weight excluding hydrogens is 775 g/mol. The molecule has 56 heavy (non-hydrogen) atoms. The molecule has 0 spiro atoms. The van der Waals surface area contributed by atoms with Crippen molar-refractivity contribution in [2.45, 2.75) is 66.7 Å². The summed E-state index contributed by atoms with van der Waals surface area (Å²) in [5.41, 5.74) is 0. The fraction of sp³-hybridized carbons (Fsp3) is 0.333. The van der Waals surface area contributed by atoms with E-state index in [1.54, 1.807) is 30.3 Å². The zero-order valence-electron chi connectivity index (χ0n) is 33.1. The van der Waals surface area contributed by atoms with Gasteiger partial charge in [-0.15, -0.1) is 0 Å². The Hall–Kier alpha value is -5.34. The molecule has 0 aliphatic rings. The summed E-state index contributed by atoms with van der Waals surface area (Å²) in [5.74, 6) is 3.42. The Morgan fingerprint density at radius 2 is 0.429 bits per heavy atom. The van der Waals surface area contributed by atoms with E-state index in [1.807, 2.05) is 126 Å². The van der Waals surface area contributed by atoms with Crippen LogP contribution in [0, 0.1) is 0 Å². The van der Waals surface area contributed by atoms with E-state index >= 15 is 0 Å². The van der Waals surface area contributed by atoms with Gasteiger partial charge >= 0.3 is 335 Å². The van der Waals surface area contributed by atoms with Gasteiger partial charge in [0.2, 0.25) is 0 Å². The molecule has 0 amide bonds. The van der Waals surface area contributed by atoms with Crippen LogP contribution in [0.4, 0.5) is 0 Å². The normalized spacial score (nSPS) is 11.7. The summed E-state index contributed by atoms with van der Waals surface area (Å²) in [6, 6.07) is 36.4. The molecule has 0 aliphatic heterocycles. The van der Waals surface area contributed by atoms with Crippen molar-refractivity contribution in [3.8, 4) is 57.5 Å². The van der Waals surface area contributed by atoms with Crippen molar-refractivity contribution in [3.05, 3.63) is 121 Å². The Kier molecular flexibility index (Phi) is 15.8. The molecule has 0 unspecified atom stereocenters. The Balaban J connectivity index is 1.91. The second kappa shape index (κ2) is 21.1. The second-order valence-electron chi connectivity index (χ2n) is 12.7. The first kappa shape index (κ1) is 41.8. The summed E-state index contributed by atoms with van der Waals surface area (Å²) in [6.07, 6.45) is 3.80. The predicted octanol–water partition coefficient (Wildman–Crippen LogP) is 11.2. The quantitative estimate of drug-likeness (QED) is 0.0529. The second-order valence-corrected chi connectivity index (χ2v) is 17.7. The van der Waals surface area contributed by atoms with Crippen molar-refractivity contribution in [2.24, 2.45) is 0 Å². The molecule has 11 heteroatoms. The van der Waals surface area contributed by atoms with Crippen LogP contribution in [0.1, 0.15) is 66.7 Å². The molecule has 0 bridgehead atoms. The first-order valence-electron chi connectivity index (χ1n) is 19.6. The van der Waals surface area contributed by atoms with Crippen molar-refractivity contribution in [2.75, 3.05) is 33.0 Å². The van der Waals surface area contributed by atoms with Gasteiger partial charge in [0.25, 0.3) is 0 Å². The molecular formula is C45H55AsO10. The van der Waals surface area contributed by atoms with Crippen LogP contribution in [-0.2, 0) is 0 Å². The summed E-state index contributed by atoms with van der Waals surface area (Å²) in [4.78, 5) is 0. The fourth-order valence-electron chi connectivity index (χ4n) is 5.27. The van der Waals surface area contributed by atoms with Crippen molar-refractivity contribution in [1.29, 1.82) is 0 Å². The average Bonchev–Trinajstić information content (AvgIpc) is 3.22. The van der Waals surface area contributed by atoms with E-state index in [-0.39, 0.29) is 28.7 Å². The molecule has 300 valence electrons. The third-order valence-electron chi connectivity index (χ3n) is 7.79. The number of para-hydroxylation sites is 10. The molecule has 0 fully saturated rings. The van der Waals surface area contributed by atoms with Gasteiger partial charge in [0.15, 0.2) is 0 Å². The monoisotopic (exact) mass is 830 g/mol. The van der Waals surface area contributed by atoms with Crippen LogP contribution in [0.5, 0.6) is 57.5 Å². The Morgan fingerprint density at radius 1 is 0.268 bits per heavy atom. The van der Waals surface area contributed by atoms with Crippen LogP contribution < -0.4 is 42.3 Å². The molecule has 10 nitrogen and oxygen atoms in total. The van der Waals surface area contributed by atoms with Crippen molar-refractivity contribution in [1.82, 2.24) is 0 Å². The summed E-state index contributed by atoms with van der Waals surface area (Å²) in [6.45, 7) is 12.3. The Labute approximate surface area is 333 Å². The zero-order chi connectivity index (χ0) is 39.5. The first-order valence-corrected chi connectivity index (χ1v) is 23.4. The van der Waals surface area contributed by atoms with Gasteiger partial charge < -0.3 is 0 Å². The zero-order valence-corrected chi connectivity index (χ0v) is 35.0. The van der Waals surface area contributed by atoms with Crippen LogP contribution in [0.15, 0.2) is 121 Å². The third-order valence-corrected chi connectivity index (χ3v) is 13.0. The van der Waals surface area contributed by atoms with E-state index in [1.165, 1.54) is 0 Å². The fourth-order valence-corrected chi connectivity index (χ4v) is 11.0. The summed E-state index contributed by atoms with van der Waals surface area (Å²) in [7, 11) is 0. The van der Waals surface area contributed by atoms with Crippen molar-refractivity contribution >= 4 is 14.2 Å². The van der Waals surface area contributed by atoms with Gasteiger partial charge in [-0.3, -0.25) is 0 Å². The van der Waals surface area contributed by atoms with Crippen LogP contribution in [0.2, 0.25) is 0 Å². The van der Waals surface area contributed by atoms with Gasteiger partial charge in [-0.1, -0.05) is 0 Å². The minimum atomic E-state index is -6.72. The van der Waals surface area contributed by atoms with Gasteiger partial charge in [-0.05, 0) is 0 Å². The van der Waals surface area contributed by atoms with Crippen molar-refractivity contribution in [3.63, 3.8) is 0 Å². The van der Waals surface area contributed by atoms with Gasteiger partial charge in [0.05, 0.1) is 0 Å². The SMILES string of the molecule is CCCOc1ccccc1O[As](Oc1ccccc1OCCC)(Oc1ccccc1OCCC)(Oc1ccccc1OCCC)Oc1ccccc1OCCC. The van der Waals surface area contributed by atoms with Crippen molar-refractivity contribution < 1.29 is 42.3 Å². The first-order chi connectivity index (χ1) is 27.4. The van der Waals surface area contributed by atoms with E-state index < -0.39 is 14.2 Å². The molecule has 5 aromatic rings. The van der Waals surface area contributed by atoms with Crippen LogP contribution in [0.3, 0.4) is 0 Å². The molecule has 0 aliphatic carbocycles. The van der Waals surface area contributed by atoms with Crippen LogP contribution >= 0.6 is 0 Å². The molecule has 0 radical (unpaired) electrons. The predicted molar refractivity (Wildman–Crippen MR) is 220 cm³/mol. The molecule has 0 atom stereocenters. The van der Waals surface area contributed by atoms with E-state index in [0.717, 1.165) is 32.1 Å². The van der Waals surface area contributed by atoms with E-state index in [0.29, 0.717) is 61.8 Å². The number of hydrogen-bond acceptors (Lipinski definition) is 10. The van der Waals surface area contributed by atoms with Gasteiger partial charge in [-0.2, -0.15) is 0 Å². The Bertz CT molecular complexity index is 1610. The van der Waals surface area contributed by atoms with Crippen LogP contribution in [-0.4, -0.2) is 47.2 Å². The topological polar surface area (TPSA) is 92.3 Å². The van der Waals surface area contributed by atoms with Crippen LogP contribution in [0.25, 0.3) is 0 Å². The Morgan fingerprint density at radius 3 is 0.589 bits per heavy atom. The van der Waals surface area contributed by atoms with E-state index in [2.05, 4.69) is 0 Å². The van der Waals surface area contributed by atoms with Gasteiger partial charge in [0, 0.05) is 0 Å². The number of ether oxygens (including phenoxy) is 5. The van der Waals surface area contributed by atoms with E-state index in [4.69, 9.17) is 42.3 Å². The van der Waals surface area contributed by atoms with Gasteiger partial charge in [-0.25, -0.2) is 0 Å². The maximum atomic E-state index is 7.31. The standard InChI is InChI=1S/C45H55AsO10/c1-6-31-47-36-21-11-16-26-41(36)52-46(53-42-27-17-12-22-37(42)48-32-7-2,54-43-28-18-13-23-38(43)49-33-8-3,55-44-29-19-14-24-39(44)50-34-9-4)56-45-30-20-15-25-40(45)51-35-10-5/h11-30H,6-10,31-35H2,1-5H3. The summed E-state index contributed by atoms with van der Waals surface area (Å²) in [5, 5.41) is 0. The summed E-state index contributed by atoms with van der Waals surface area (Å²) >= 11 is -6.72. The molecule has 0 saturated carbocycles. The summed E-state index contributed by atoms with van der Waals surface area (Å²) < 4.78 is 67.9. The molecule has 0 heterocycles. The van der Waals surface area contributed by atoms with E-state index in [9.17, 15) is 0 Å². The molecule has 0 aromatic heterocycles. The number of rotatable bonds is 25. The molecule has 0 N–H and O–H groups in total. The average molecular weight is 831 g/mol. The molecule has 5 aromatic carbocycles. The third kappa shape index (κ3) is 11.1. The minimum absolute atomic E-state index is 0.254.